The second kappa shape index (κ2) is 7.36. The number of piperazine rings is 1. The second-order valence-electron chi connectivity index (χ2n) is 6.90. The average molecular weight is 391 g/mol. The quantitative estimate of drug-likeness (QED) is 0.746. The van der Waals surface area contributed by atoms with Gasteiger partial charge < -0.3 is 14.2 Å². The summed E-state index contributed by atoms with van der Waals surface area (Å²) < 4.78 is 33.7. The van der Waals surface area contributed by atoms with E-state index in [0.29, 0.717) is 19.6 Å². The Morgan fingerprint density at radius 3 is 2.44 bits per heavy atom. The Kier molecular flexibility index (Phi) is 5.30. The lowest BCUT2D eigenvalue weighted by molar-refractivity contribution is 0.0590. The molecule has 0 N–H and O–H groups in total. The number of sulfonamides is 1. The van der Waals surface area contributed by atoms with E-state index in [1.807, 2.05) is 13.8 Å². The van der Waals surface area contributed by atoms with Crippen LogP contribution in [0.3, 0.4) is 0 Å². The van der Waals surface area contributed by atoms with E-state index in [1.165, 1.54) is 33.8 Å². The van der Waals surface area contributed by atoms with Crippen LogP contribution < -0.4 is 4.90 Å². The molecule has 3 rings (SSSR count). The van der Waals surface area contributed by atoms with Crippen LogP contribution in [0.15, 0.2) is 41.4 Å². The summed E-state index contributed by atoms with van der Waals surface area (Å²) in [6.45, 7) is 5.45. The van der Waals surface area contributed by atoms with Gasteiger partial charge in [-0.25, -0.2) is 13.2 Å². The molecule has 1 fully saturated rings. The van der Waals surface area contributed by atoms with E-state index in [2.05, 4.69) is 29.2 Å². The number of aromatic nitrogens is 1. The highest BCUT2D eigenvalue weighted by atomic mass is 32.2. The lowest BCUT2D eigenvalue weighted by Crippen LogP contribution is -2.53. The highest BCUT2D eigenvalue weighted by molar-refractivity contribution is 7.89. The molecule has 1 atom stereocenters. The zero-order valence-corrected chi connectivity index (χ0v) is 16.9. The van der Waals surface area contributed by atoms with Gasteiger partial charge in [-0.05, 0) is 32.0 Å². The topological polar surface area (TPSA) is 71.8 Å². The summed E-state index contributed by atoms with van der Waals surface area (Å²) in [7, 11) is -0.771. The summed E-state index contributed by atoms with van der Waals surface area (Å²) in [5, 5.41) is 0. The Morgan fingerprint density at radius 1 is 1.19 bits per heavy atom. The van der Waals surface area contributed by atoms with Gasteiger partial charge in [-0.1, -0.05) is 17.7 Å². The van der Waals surface area contributed by atoms with Gasteiger partial charge in [-0.15, -0.1) is 0 Å². The first kappa shape index (κ1) is 19.4. The fourth-order valence-corrected chi connectivity index (χ4v) is 4.98. The number of carbonyl (C=O) groups excluding carboxylic acids is 1. The number of aryl methyl sites for hydroxylation is 2. The minimum atomic E-state index is -3.67. The predicted octanol–water partition coefficient (Wildman–Crippen LogP) is 2.02. The molecule has 8 heteroatoms. The van der Waals surface area contributed by atoms with Gasteiger partial charge >= 0.3 is 5.97 Å². The third-order valence-corrected chi connectivity index (χ3v) is 6.80. The Balaban J connectivity index is 1.79. The Hall–Kier alpha value is -2.32. The van der Waals surface area contributed by atoms with Crippen LogP contribution in [0.4, 0.5) is 5.69 Å². The van der Waals surface area contributed by atoms with Gasteiger partial charge in [0.2, 0.25) is 10.0 Å². The lowest BCUT2D eigenvalue weighted by atomic mass is 10.1. The minimum Gasteiger partial charge on any atom is -0.464 e. The number of hydrogen-bond acceptors (Lipinski definition) is 5. The molecule has 0 radical (unpaired) electrons. The van der Waals surface area contributed by atoms with Crippen molar-refractivity contribution in [2.24, 2.45) is 7.05 Å². The maximum Gasteiger partial charge on any atom is 0.354 e. The van der Waals surface area contributed by atoms with Crippen LogP contribution in [0.2, 0.25) is 0 Å². The van der Waals surface area contributed by atoms with Crippen molar-refractivity contribution in [3.05, 3.63) is 47.8 Å². The van der Waals surface area contributed by atoms with Crippen LogP contribution in [-0.4, -0.2) is 56.0 Å². The summed E-state index contributed by atoms with van der Waals surface area (Å²) in [6.07, 6.45) is 1.46. The molecule has 0 spiro atoms. The molecule has 27 heavy (non-hydrogen) atoms. The van der Waals surface area contributed by atoms with Gasteiger partial charge in [0.1, 0.15) is 10.6 Å². The van der Waals surface area contributed by atoms with E-state index in [0.717, 1.165) is 5.69 Å². The van der Waals surface area contributed by atoms with Gasteiger partial charge in [-0.2, -0.15) is 4.31 Å². The number of benzene rings is 1. The van der Waals surface area contributed by atoms with E-state index in [9.17, 15) is 13.2 Å². The zero-order chi connectivity index (χ0) is 19.8. The summed E-state index contributed by atoms with van der Waals surface area (Å²) in [6, 6.07) is 9.66. The molecule has 1 aliphatic heterocycles. The van der Waals surface area contributed by atoms with E-state index < -0.39 is 16.0 Å². The monoisotopic (exact) mass is 391 g/mol. The molecule has 1 saturated heterocycles. The van der Waals surface area contributed by atoms with Crippen LogP contribution in [0.5, 0.6) is 0 Å². The van der Waals surface area contributed by atoms with Gasteiger partial charge in [0, 0.05) is 44.6 Å². The third-order valence-electron chi connectivity index (χ3n) is 4.97. The number of anilines is 1. The molecule has 1 aromatic heterocycles. The number of nitrogens with zero attached hydrogens (tertiary/aromatic N) is 3. The van der Waals surface area contributed by atoms with Crippen LogP contribution in [0.1, 0.15) is 23.0 Å². The second-order valence-corrected chi connectivity index (χ2v) is 8.84. The van der Waals surface area contributed by atoms with Crippen LogP contribution >= 0.6 is 0 Å². The first-order valence-electron chi connectivity index (χ1n) is 8.82. The molecule has 0 bridgehead atoms. The Bertz CT molecular complexity index is 934. The van der Waals surface area contributed by atoms with Crippen molar-refractivity contribution in [1.29, 1.82) is 0 Å². The number of hydrogen-bond donors (Lipinski definition) is 0. The summed E-state index contributed by atoms with van der Waals surface area (Å²) in [5.74, 6) is -0.559. The highest BCUT2D eigenvalue weighted by Crippen LogP contribution is 2.25. The number of esters is 1. The molecule has 0 saturated carbocycles. The van der Waals surface area contributed by atoms with E-state index in [1.54, 1.807) is 7.05 Å². The lowest BCUT2D eigenvalue weighted by Gasteiger charge is -2.40. The van der Waals surface area contributed by atoms with E-state index >= 15 is 0 Å². The molecular weight excluding hydrogens is 366 g/mol. The van der Waals surface area contributed by atoms with Crippen LogP contribution in [0, 0.1) is 6.92 Å². The van der Waals surface area contributed by atoms with Crippen LogP contribution in [-0.2, 0) is 21.8 Å². The standard InChI is InChI=1S/C19H25N3O4S/c1-14-5-7-16(8-6-14)22-10-9-21(12-15(22)2)27(24,25)17-11-18(19(23)26-4)20(3)13-17/h5-8,11,13,15H,9-10,12H2,1-4H3. The molecule has 2 aromatic rings. The summed E-state index contributed by atoms with van der Waals surface area (Å²) >= 11 is 0. The van der Waals surface area contributed by atoms with Crippen molar-refractivity contribution in [3.63, 3.8) is 0 Å². The molecular formula is C19H25N3O4S. The predicted molar refractivity (Wildman–Crippen MR) is 103 cm³/mol. The Labute approximate surface area is 160 Å². The number of rotatable bonds is 4. The maximum atomic E-state index is 13.0. The van der Waals surface area contributed by atoms with Gasteiger partial charge in [0.25, 0.3) is 0 Å². The fraction of sp³-hybridized carbons (Fsp3) is 0.421. The van der Waals surface area contributed by atoms with E-state index in [4.69, 9.17) is 4.74 Å². The molecule has 1 aromatic carbocycles. The fourth-order valence-electron chi connectivity index (χ4n) is 3.39. The smallest absolute Gasteiger partial charge is 0.354 e. The molecule has 0 amide bonds. The molecule has 1 aliphatic rings. The molecule has 146 valence electrons. The van der Waals surface area contributed by atoms with Crippen molar-refractivity contribution < 1.29 is 17.9 Å². The van der Waals surface area contributed by atoms with Crippen molar-refractivity contribution in [1.82, 2.24) is 8.87 Å². The number of carbonyl (C=O) groups is 1. The first-order chi connectivity index (χ1) is 12.7. The third kappa shape index (κ3) is 3.72. The largest absolute Gasteiger partial charge is 0.464 e. The van der Waals surface area contributed by atoms with Crippen molar-refractivity contribution in [2.45, 2.75) is 24.8 Å². The van der Waals surface area contributed by atoms with Gasteiger partial charge in [-0.3, -0.25) is 0 Å². The molecule has 2 heterocycles. The Morgan fingerprint density at radius 2 is 1.85 bits per heavy atom. The number of methoxy groups -OCH3 is 1. The average Bonchev–Trinajstić information content (AvgIpc) is 3.04. The maximum absolute atomic E-state index is 13.0. The van der Waals surface area contributed by atoms with Crippen molar-refractivity contribution >= 4 is 21.7 Å². The molecule has 7 nitrogen and oxygen atoms in total. The minimum absolute atomic E-state index is 0.0417. The van der Waals surface area contributed by atoms with Gasteiger partial charge in [0.05, 0.1) is 7.11 Å². The zero-order valence-electron chi connectivity index (χ0n) is 16.0. The summed E-state index contributed by atoms with van der Waals surface area (Å²) in [4.78, 5) is 14.1. The molecule has 0 aliphatic carbocycles. The number of ether oxygens (including phenoxy) is 1. The van der Waals surface area contributed by atoms with Crippen molar-refractivity contribution in [2.75, 3.05) is 31.6 Å². The van der Waals surface area contributed by atoms with Crippen molar-refractivity contribution in [3.8, 4) is 0 Å². The normalized spacial score (nSPS) is 18.5. The SMILES string of the molecule is COC(=O)c1cc(S(=O)(=O)N2CCN(c3ccc(C)cc3)C(C)C2)cn1C. The van der Waals surface area contributed by atoms with Crippen LogP contribution in [0.25, 0.3) is 0 Å². The van der Waals surface area contributed by atoms with E-state index in [-0.39, 0.29) is 16.6 Å². The first-order valence-corrected chi connectivity index (χ1v) is 10.3. The highest BCUT2D eigenvalue weighted by Gasteiger charge is 2.33. The summed E-state index contributed by atoms with van der Waals surface area (Å²) in [5.41, 5.74) is 2.50. The molecule has 1 unspecified atom stereocenters. The van der Waals surface area contributed by atoms with Gasteiger partial charge in [0.15, 0.2) is 0 Å².